The summed E-state index contributed by atoms with van der Waals surface area (Å²) in [5.74, 6) is 0.237. The summed E-state index contributed by atoms with van der Waals surface area (Å²) in [6, 6.07) is 5.52. The molecule has 2 aromatic rings. The number of nitrogens with one attached hydrogen (secondary N) is 2. The van der Waals surface area contributed by atoms with Crippen molar-refractivity contribution in [3.8, 4) is 0 Å². The number of fused-ring (bicyclic) bond motifs is 1. The number of benzene rings is 1. The van der Waals surface area contributed by atoms with E-state index in [0.717, 1.165) is 16.6 Å². The molecule has 0 saturated carbocycles. The Morgan fingerprint density at radius 1 is 1.50 bits per heavy atom. The minimum absolute atomic E-state index is 0.0601. The summed E-state index contributed by atoms with van der Waals surface area (Å²) in [5, 5.41) is 10.7. The van der Waals surface area contributed by atoms with E-state index in [-0.39, 0.29) is 11.9 Å². The molecule has 0 aliphatic carbocycles. The van der Waals surface area contributed by atoms with E-state index in [1.807, 2.05) is 32.0 Å². The van der Waals surface area contributed by atoms with Gasteiger partial charge in [0.05, 0.1) is 11.7 Å². The van der Waals surface area contributed by atoms with Gasteiger partial charge in [0, 0.05) is 23.5 Å². The third kappa shape index (κ3) is 2.87. The summed E-state index contributed by atoms with van der Waals surface area (Å²) >= 11 is 0. The van der Waals surface area contributed by atoms with Crippen LogP contribution in [0.4, 0.5) is 5.69 Å². The molecule has 18 heavy (non-hydrogen) atoms. The maximum absolute atomic E-state index is 11.8. The van der Waals surface area contributed by atoms with Crippen LogP contribution in [0.15, 0.2) is 24.4 Å². The molecule has 1 aromatic carbocycles. The predicted molar refractivity (Wildman–Crippen MR) is 72.2 cm³/mol. The number of hydrogen-bond donors (Lipinski definition) is 3. The average molecular weight is 246 g/mol. The van der Waals surface area contributed by atoms with Gasteiger partial charge in [-0.3, -0.25) is 9.89 Å². The van der Waals surface area contributed by atoms with Crippen LogP contribution in [0.1, 0.15) is 20.3 Å². The first-order valence-electron chi connectivity index (χ1n) is 6.05. The highest BCUT2D eigenvalue weighted by molar-refractivity contribution is 5.93. The lowest BCUT2D eigenvalue weighted by Crippen LogP contribution is -2.31. The zero-order valence-corrected chi connectivity index (χ0v) is 10.6. The van der Waals surface area contributed by atoms with Gasteiger partial charge in [0.1, 0.15) is 0 Å². The summed E-state index contributed by atoms with van der Waals surface area (Å²) in [6.45, 7) is 4.02. The summed E-state index contributed by atoms with van der Waals surface area (Å²) in [5.41, 5.74) is 7.53. The molecule has 1 heterocycles. The Morgan fingerprint density at radius 3 is 3.00 bits per heavy atom. The Morgan fingerprint density at radius 2 is 2.28 bits per heavy atom. The van der Waals surface area contributed by atoms with Crippen LogP contribution in [0.3, 0.4) is 0 Å². The van der Waals surface area contributed by atoms with Crippen molar-refractivity contribution in [3.05, 3.63) is 24.4 Å². The van der Waals surface area contributed by atoms with Crippen molar-refractivity contribution in [1.82, 2.24) is 10.2 Å². The summed E-state index contributed by atoms with van der Waals surface area (Å²) < 4.78 is 0. The number of nitrogens with two attached hydrogens (primary N) is 1. The quantitative estimate of drug-likeness (QED) is 0.770. The lowest BCUT2D eigenvalue weighted by Gasteiger charge is -2.15. The molecule has 5 nitrogen and oxygen atoms in total. The monoisotopic (exact) mass is 246 g/mol. The average Bonchev–Trinajstić information content (AvgIpc) is 2.75. The van der Waals surface area contributed by atoms with E-state index in [2.05, 4.69) is 15.5 Å². The topological polar surface area (TPSA) is 83.8 Å². The fourth-order valence-corrected chi connectivity index (χ4v) is 1.68. The Bertz CT molecular complexity index is 547. The normalized spacial score (nSPS) is 12.9. The first-order valence-corrected chi connectivity index (χ1v) is 6.05. The lowest BCUT2D eigenvalue weighted by molar-refractivity contribution is -0.116. The molecule has 0 saturated heterocycles. The number of aromatic amines is 1. The van der Waals surface area contributed by atoms with Gasteiger partial charge in [-0.25, -0.2) is 0 Å². The highest BCUT2D eigenvalue weighted by Gasteiger charge is 2.13. The Hall–Kier alpha value is -1.88. The van der Waals surface area contributed by atoms with Crippen molar-refractivity contribution in [2.45, 2.75) is 26.3 Å². The van der Waals surface area contributed by atoms with E-state index in [1.54, 1.807) is 6.20 Å². The molecule has 0 aliphatic heterocycles. The van der Waals surface area contributed by atoms with E-state index in [0.29, 0.717) is 12.3 Å². The van der Waals surface area contributed by atoms with Gasteiger partial charge in [-0.05, 0) is 24.1 Å². The third-order valence-corrected chi connectivity index (χ3v) is 3.00. The fraction of sp³-hybridized carbons (Fsp3) is 0.385. The van der Waals surface area contributed by atoms with Gasteiger partial charge in [-0.2, -0.15) is 5.10 Å². The van der Waals surface area contributed by atoms with Crippen molar-refractivity contribution in [3.63, 3.8) is 0 Å². The molecule has 0 fully saturated rings. The predicted octanol–water partition coefficient (Wildman–Crippen LogP) is 1.87. The van der Waals surface area contributed by atoms with Gasteiger partial charge >= 0.3 is 0 Å². The van der Waals surface area contributed by atoms with Gasteiger partial charge < -0.3 is 11.1 Å². The van der Waals surface area contributed by atoms with Crippen LogP contribution in [-0.4, -0.2) is 22.1 Å². The molecular formula is C13H18N4O. The van der Waals surface area contributed by atoms with E-state index < -0.39 is 0 Å². The van der Waals surface area contributed by atoms with Gasteiger partial charge in [0.25, 0.3) is 0 Å². The Labute approximate surface area is 106 Å². The van der Waals surface area contributed by atoms with Crippen LogP contribution < -0.4 is 11.1 Å². The number of H-pyrrole nitrogens is 1. The highest BCUT2D eigenvalue weighted by atomic mass is 16.1. The van der Waals surface area contributed by atoms with Crippen LogP contribution in [0.25, 0.3) is 10.9 Å². The molecule has 1 amide bonds. The molecule has 1 aromatic heterocycles. The number of carbonyl (C=O) groups is 1. The second-order valence-electron chi connectivity index (χ2n) is 4.83. The number of anilines is 1. The van der Waals surface area contributed by atoms with Gasteiger partial charge in [-0.1, -0.05) is 13.8 Å². The zero-order valence-electron chi connectivity index (χ0n) is 10.6. The largest absolute Gasteiger partial charge is 0.327 e. The molecule has 5 heteroatoms. The molecule has 4 N–H and O–H groups in total. The summed E-state index contributed by atoms with van der Waals surface area (Å²) in [6.07, 6.45) is 2.08. The number of carbonyl (C=O) groups excluding carboxylic acids is 1. The fourth-order valence-electron chi connectivity index (χ4n) is 1.68. The van der Waals surface area contributed by atoms with Crippen molar-refractivity contribution < 1.29 is 4.79 Å². The van der Waals surface area contributed by atoms with Crippen LogP contribution in [-0.2, 0) is 4.79 Å². The van der Waals surface area contributed by atoms with Gasteiger partial charge in [-0.15, -0.1) is 0 Å². The van der Waals surface area contributed by atoms with Crippen LogP contribution in [0, 0.1) is 5.92 Å². The number of nitrogens with zero attached hydrogens (tertiary/aromatic N) is 1. The molecule has 2 rings (SSSR count). The maximum Gasteiger partial charge on any atom is 0.225 e. The second kappa shape index (κ2) is 5.18. The first kappa shape index (κ1) is 12.6. The van der Waals surface area contributed by atoms with Crippen molar-refractivity contribution >= 4 is 22.5 Å². The second-order valence-corrected chi connectivity index (χ2v) is 4.83. The van der Waals surface area contributed by atoms with E-state index >= 15 is 0 Å². The Balaban J connectivity index is 2.02. The van der Waals surface area contributed by atoms with Gasteiger partial charge in [0.15, 0.2) is 0 Å². The number of hydrogen-bond acceptors (Lipinski definition) is 3. The smallest absolute Gasteiger partial charge is 0.225 e. The van der Waals surface area contributed by atoms with Crippen LogP contribution >= 0.6 is 0 Å². The number of rotatable bonds is 4. The van der Waals surface area contributed by atoms with E-state index in [4.69, 9.17) is 5.73 Å². The SMILES string of the molecule is CC(C)C(N)CC(=O)Nc1ccc2cn[nH]c2c1. The summed E-state index contributed by atoms with van der Waals surface area (Å²) in [7, 11) is 0. The van der Waals surface area contributed by atoms with E-state index in [9.17, 15) is 4.79 Å². The lowest BCUT2D eigenvalue weighted by atomic mass is 10.0. The molecule has 0 bridgehead atoms. The molecule has 1 unspecified atom stereocenters. The number of amides is 1. The van der Waals surface area contributed by atoms with Gasteiger partial charge in [0.2, 0.25) is 5.91 Å². The molecule has 96 valence electrons. The highest BCUT2D eigenvalue weighted by Crippen LogP contribution is 2.17. The first-order chi connectivity index (χ1) is 8.56. The van der Waals surface area contributed by atoms with E-state index in [1.165, 1.54) is 0 Å². The third-order valence-electron chi connectivity index (χ3n) is 3.00. The van der Waals surface area contributed by atoms with Crippen LogP contribution in [0.5, 0.6) is 0 Å². The molecular weight excluding hydrogens is 228 g/mol. The standard InChI is InChI=1S/C13H18N4O/c1-8(2)11(14)6-13(18)16-10-4-3-9-7-15-17-12(9)5-10/h3-5,7-8,11H,6,14H2,1-2H3,(H,15,17)(H,16,18). The van der Waals surface area contributed by atoms with Crippen molar-refractivity contribution in [2.75, 3.05) is 5.32 Å². The molecule has 1 atom stereocenters. The molecule has 0 spiro atoms. The summed E-state index contributed by atoms with van der Waals surface area (Å²) in [4.78, 5) is 11.8. The van der Waals surface area contributed by atoms with Crippen molar-refractivity contribution in [1.29, 1.82) is 0 Å². The Kier molecular flexibility index (Phi) is 3.62. The zero-order chi connectivity index (χ0) is 13.1. The van der Waals surface area contributed by atoms with Crippen molar-refractivity contribution in [2.24, 2.45) is 11.7 Å². The molecule has 0 radical (unpaired) electrons. The minimum atomic E-state index is -0.110. The van der Waals surface area contributed by atoms with Crippen LogP contribution in [0.2, 0.25) is 0 Å². The minimum Gasteiger partial charge on any atom is -0.327 e. The maximum atomic E-state index is 11.8. The number of aromatic nitrogens is 2. The molecule has 0 aliphatic rings.